The number of benzene rings is 2. The molecule has 0 aliphatic heterocycles. The number of aromatic carboxylic acids is 1. The second-order valence-electron chi connectivity index (χ2n) is 9.93. The molecule has 0 aliphatic rings. The molecule has 0 aliphatic carbocycles. The van der Waals surface area contributed by atoms with Crippen LogP contribution in [-0.4, -0.2) is 20.6 Å². The second kappa shape index (κ2) is 9.72. The van der Waals surface area contributed by atoms with Crippen molar-refractivity contribution in [1.82, 2.24) is 9.55 Å². The number of rotatable bonds is 8. The van der Waals surface area contributed by atoms with Gasteiger partial charge in [0.05, 0.1) is 5.69 Å². The first kappa shape index (κ1) is 23.6. The number of carbonyl (C=O) groups is 1. The SMILES string of the molecule is CCCc1c(OCc2cccc(-c3cccc(C(=O)O)n3)c2)ccc2c1ccn2CC(C)(C)C. The first-order chi connectivity index (χ1) is 16.2. The normalized spacial score (nSPS) is 11.6. The number of fused-ring (bicyclic) bond motifs is 1. The Morgan fingerprint density at radius 2 is 1.85 bits per heavy atom. The first-order valence-corrected chi connectivity index (χ1v) is 11.8. The standard InChI is InChI=1S/C29H32N2O3/c1-5-8-23-22-15-16-31(19-29(2,3)4)26(22)13-14-27(23)34-18-20-9-6-10-21(17-20)24-11-7-12-25(30-24)28(32)33/h6-7,9-17H,5,8,18-19H2,1-4H3,(H,32,33). The summed E-state index contributed by atoms with van der Waals surface area (Å²) in [7, 11) is 0. The van der Waals surface area contributed by atoms with Crippen molar-refractivity contribution < 1.29 is 14.6 Å². The molecule has 4 rings (SSSR count). The van der Waals surface area contributed by atoms with E-state index in [4.69, 9.17) is 4.74 Å². The summed E-state index contributed by atoms with van der Waals surface area (Å²) >= 11 is 0. The number of nitrogens with zero attached hydrogens (tertiary/aromatic N) is 2. The van der Waals surface area contributed by atoms with Crippen LogP contribution < -0.4 is 4.74 Å². The zero-order valence-corrected chi connectivity index (χ0v) is 20.3. The van der Waals surface area contributed by atoms with E-state index in [1.165, 1.54) is 22.5 Å². The lowest BCUT2D eigenvalue weighted by Gasteiger charge is -2.20. The highest BCUT2D eigenvalue weighted by atomic mass is 16.5. The van der Waals surface area contributed by atoms with Gasteiger partial charge < -0.3 is 14.4 Å². The lowest BCUT2D eigenvalue weighted by Crippen LogP contribution is -2.14. The number of ether oxygens (including phenoxy) is 1. The largest absolute Gasteiger partial charge is 0.489 e. The zero-order valence-electron chi connectivity index (χ0n) is 20.3. The van der Waals surface area contributed by atoms with Gasteiger partial charge in [-0.25, -0.2) is 9.78 Å². The number of pyridine rings is 1. The van der Waals surface area contributed by atoms with E-state index in [0.29, 0.717) is 12.3 Å². The molecular weight excluding hydrogens is 424 g/mol. The molecule has 0 bridgehead atoms. The molecule has 0 fully saturated rings. The van der Waals surface area contributed by atoms with Gasteiger partial charge in [-0.2, -0.15) is 0 Å². The Balaban J connectivity index is 1.59. The smallest absolute Gasteiger partial charge is 0.354 e. The fourth-order valence-corrected chi connectivity index (χ4v) is 4.30. The quantitative estimate of drug-likeness (QED) is 0.311. The highest BCUT2D eigenvalue weighted by Crippen LogP contribution is 2.32. The third kappa shape index (κ3) is 5.30. The van der Waals surface area contributed by atoms with Gasteiger partial charge in [0.1, 0.15) is 18.1 Å². The van der Waals surface area contributed by atoms with Gasteiger partial charge in [-0.15, -0.1) is 0 Å². The lowest BCUT2D eigenvalue weighted by molar-refractivity contribution is 0.0690. The number of aromatic nitrogens is 2. The van der Waals surface area contributed by atoms with Crippen molar-refractivity contribution in [2.24, 2.45) is 5.41 Å². The molecule has 34 heavy (non-hydrogen) atoms. The van der Waals surface area contributed by atoms with E-state index in [1.54, 1.807) is 6.07 Å². The summed E-state index contributed by atoms with van der Waals surface area (Å²) in [6, 6.07) is 19.4. The molecule has 0 amide bonds. The van der Waals surface area contributed by atoms with Gasteiger partial charge in [-0.3, -0.25) is 0 Å². The summed E-state index contributed by atoms with van der Waals surface area (Å²) in [6.07, 6.45) is 4.18. The van der Waals surface area contributed by atoms with E-state index < -0.39 is 5.97 Å². The van der Waals surface area contributed by atoms with Gasteiger partial charge in [0.15, 0.2) is 0 Å². The van der Waals surface area contributed by atoms with Crippen LogP contribution in [0.5, 0.6) is 5.75 Å². The minimum atomic E-state index is -1.03. The molecule has 2 heterocycles. The van der Waals surface area contributed by atoms with Crippen molar-refractivity contribution in [2.75, 3.05) is 0 Å². The highest BCUT2D eigenvalue weighted by Gasteiger charge is 2.16. The molecule has 5 heteroatoms. The molecule has 4 aromatic rings. The van der Waals surface area contributed by atoms with Gasteiger partial charge in [0, 0.05) is 34.8 Å². The molecule has 0 radical (unpaired) electrons. The van der Waals surface area contributed by atoms with Crippen LogP contribution in [0.15, 0.2) is 66.9 Å². The van der Waals surface area contributed by atoms with Crippen LogP contribution >= 0.6 is 0 Å². The number of carboxylic acids is 1. The molecule has 0 saturated heterocycles. The monoisotopic (exact) mass is 456 g/mol. The Hall–Kier alpha value is -3.60. The van der Waals surface area contributed by atoms with Crippen molar-refractivity contribution in [3.05, 3.63) is 83.7 Å². The Morgan fingerprint density at radius 1 is 1.06 bits per heavy atom. The molecular formula is C29H32N2O3. The van der Waals surface area contributed by atoms with E-state index in [1.807, 2.05) is 30.3 Å². The Bertz CT molecular complexity index is 1310. The predicted molar refractivity (Wildman–Crippen MR) is 136 cm³/mol. The Kier molecular flexibility index (Phi) is 6.73. The predicted octanol–water partition coefficient (Wildman–Crippen LogP) is 6.98. The number of carboxylic acid groups (broad SMARTS) is 1. The van der Waals surface area contributed by atoms with E-state index >= 15 is 0 Å². The molecule has 0 unspecified atom stereocenters. The molecule has 2 aromatic heterocycles. The van der Waals surface area contributed by atoms with Crippen LogP contribution in [-0.2, 0) is 19.6 Å². The molecule has 5 nitrogen and oxygen atoms in total. The topological polar surface area (TPSA) is 64.3 Å². The fraction of sp³-hybridized carbons (Fsp3) is 0.310. The summed E-state index contributed by atoms with van der Waals surface area (Å²) in [5, 5.41) is 10.5. The summed E-state index contributed by atoms with van der Waals surface area (Å²) in [6.45, 7) is 10.3. The average Bonchev–Trinajstić information content (AvgIpc) is 3.20. The number of hydrogen-bond acceptors (Lipinski definition) is 3. The molecule has 0 saturated carbocycles. The maximum Gasteiger partial charge on any atom is 0.354 e. The van der Waals surface area contributed by atoms with Gasteiger partial charge in [-0.1, -0.05) is 58.4 Å². The van der Waals surface area contributed by atoms with Crippen molar-refractivity contribution in [2.45, 2.75) is 53.7 Å². The van der Waals surface area contributed by atoms with Crippen LogP contribution in [0.25, 0.3) is 22.2 Å². The van der Waals surface area contributed by atoms with Crippen molar-refractivity contribution >= 4 is 16.9 Å². The van der Waals surface area contributed by atoms with Crippen molar-refractivity contribution in [1.29, 1.82) is 0 Å². The average molecular weight is 457 g/mol. The molecule has 2 aromatic carbocycles. The molecule has 0 spiro atoms. The van der Waals surface area contributed by atoms with Crippen LogP contribution in [0.4, 0.5) is 0 Å². The van der Waals surface area contributed by atoms with Crippen molar-refractivity contribution in [3.8, 4) is 17.0 Å². The van der Waals surface area contributed by atoms with E-state index in [9.17, 15) is 9.90 Å². The second-order valence-corrected chi connectivity index (χ2v) is 9.93. The van der Waals surface area contributed by atoms with E-state index in [2.05, 4.69) is 61.6 Å². The van der Waals surface area contributed by atoms with Crippen LogP contribution in [0, 0.1) is 5.41 Å². The highest BCUT2D eigenvalue weighted by molar-refractivity contribution is 5.86. The summed E-state index contributed by atoms with van der Waals surface area (Å²) in [5.74, 6) is -0.115. The number of hydrogen-bond donors (Lipinski definition) is 1. The number of aryl methyl sites for hydroxylation is 1. The van der Waals surface area contributed by atoms with Crippen LogP contribution in [0.1, 0.15) is 55.7 Å². The third-order valence-electron chi connectivity index (χ3n) is 5.75. The Labute approximate surface area is 201 Å². The van der Waals surface area contributed by atoms with Gasteiger partial charge in [-0.05, 0) is 53.8 Å². The van der Waals surface area contributed by atoms with E-state index in [-0.39, 0.29) is 11.1 Å². The molecule has 0 atom stereocenters. The summed E-state index contributed by atoms with van der Waals surface area (Å²) in [4.78, 5) is 15.5. The maximum atomic E-state index is 11.3. The van der Waals surface area contributed by atoms with E-state index in [0.717, 1.165) is 36.3 Å². The molecule has 1 N–H and O–H groups in total. The minimum Gasteiger partial charge on any atom is -0.489 e. The zero-order chi connectivity index (χ0) is 24.3. The third-order valence-corrected chi connectivity index (χ3v) is 5.75. The maximum absolute atomic E-state index is 11.3. The van der Waals surface area contributed by atoms with Gasteiger partial charge >= 0.3 is 5.97 Å². The Morgan fingerprint density at radius 3 is 2.59 bits per heavy atom. The molecule has 176 valence electrons. The van der Waals surface area contributed by atoms with Crippen LogP contribution in [0.2, 0.25) is 0 Å². The summed E-state index contributed by atoms with van der Waals surface area (Å²) in [5.41, 5.74) is 5.25. The minimum absolute atomic E-state index is 0.0371. The van der Waals surface area contributed by atoms with Gasteiger partial charge in [0.2, 0.25) is 0 Å². The van der Waals surface area contributed by atoms with Crippen LogP contribution in [0.3, 0.4) is 0 Å². The fourth-order valence-electron chi connectivity index (χ4n) is 4.30. The van der Waals surface area contributed by atoms with Crippen molar-refractivity contribution in [3.63, 3.8) is 0 Å². The summed E-state index contributed by atoms with van der Waals surface area (Å²) < 4.78 is 8.66. The lowest BCUT2D eigenvalue weighted by atomic mass is 9.97. The first-order valence-electron chi connectivity index (χ1n) is 11.8. The van der Waals surface area contributed by atoms with Gasteiger partial charge in [0.25, 0.3) is 0 Å².